The van der Waals surface area contributed by atoms with Crippen LogP contribution in [0.2, 0.25) is 5.02 Å². The Labute approximate surface area is 128 Å². The minimum atomic E-state index is -1.21. The molecule has 110 valence electrons. The molecule has 3 rings (SSSR count). The van der Waals surface area contributed by atoms with E-state index in [-0.39, 0.29) is 5.56 Å². The highest BCUT2D eigenvalue weighted by Gasteiger charge is 2.40. The summed E-state index contributed by atoms with van der Waals surface area (Å²) >= 11 is 6.09. The monoisotopic (exact) mass is 305 g/mol. The van der Waals surface area contributed by atoms with Gasteiger partial charge in [-0.1, -0.05) is 48.0 Å². The third-order valence-corrected chi connectivity index (χ3v) is 4.32. The first-order valence-electron chi connectivity index (χ1n) is 7.02. The van der Waals surface area contributed by atoms with Gasteiger partial charge in [-0.25, -0.2) is 4.39 Å². The van der Waals surface area contributed by atoms with Crippen molar-refractivity contribution in [2.45, 2.75) is 18.6 Å². The average Bonchev–Trinajstić information content (AvgIpc) is 2.81. The van der Waals surface area contributed by atoms with Crippen LogP contribution in [0.5, 0.6) is 0 Å². The van der Waals surface area contributed by atoms with Crippen LogP contribution in [-0.4, -0.2) is 23.1 Å². The molecule has 1 aliphatic rings. The van der Waals surface area contributed by atoms with Gasteiger partial charge in [-0.15, -0.1) is 0 Å². The number of β-amino-alcohol motifs (C(OH)–C–C–N with tert-alkyl or cyclic N) is 1. The summed E-state index contributed by atoms with van der Waals surface area (Å²) in [6.45, 7) is 1.85. The van der Waals surface area contributed by atoms with E-state index < -0.39 is 11.4 Å². The first-order valence-corrected chi connectivity index (χ1v) is 7.39. The molecule has 0 aromatic heterocycles. The molecule has 1 atom stereocenters. The van der Waals surface area contributed by atoms with E-state index in [1.165, 1.54) is 11.6 Å². The number of rotatable bonds is 3. The molecular weight excluding hydrogens is 289 g/mol. The molecule has 1 unspecified atom stereocenters. The fourth-order valence-corrected chi connectivity index (χ4v) is 3.33. The molecule has 1 saturated heterocycles. The Morgan fingerprint density at radius 1 is 1.14 bits per heavy atom. The lowest BCUT2D eigenvalue weighted by Crippen LogP contribution is -2.31. The molecule has 21 heavy (non-hydrogen) atoms. The molecule has 2 nitrogen and oxygen atoms in total. The molecule has 1 heterocycles. The number of hydrogen-bond acceptors (Lipinski definition) is 2. The van der Waals surface area contributed by atoms with Crippen LogP contribution in [0, 0.1) is 5.82 Å². The summed E-state index contributed by atoms with van der Waals surface area (Å²) < 4.78 is 14.0. The second kappa shape index (κ2) is 5.76. The quantitative estimate of drug-likeness (QED) is 0.937. The van der Waals surface area contributed by atoms with Gasteiger partial charge in [0.2, 0.25) is 0 Å². The van der Waals surface area contributed by atoms with Crippen LogP contribution in [0.25, 0.3) is 0 Å². The zero-order valence-electron chi connectivity index (χ0n) is 11.6. The number of aliphatic hydroxyl groups is 1. The zero-order valence-corrected chi connectivity index (χ0v) is 12.4. The van der Waals surface area contributed by atoms with Crippen molar-refractivity contribution in [2.75, 3.05) is 13.1 Å². The van der Waals surface area contributed by atoms with Crippen molar-refractivity contribution in [2.24, 2.45) is 0 Å². The van der Waals surface area contributed by atoms with Crippen molar-refractivity contribution in [3.05, 3.63) is 70.5 Å². The fourth-order valence-electron chi connectivity index (χ4n) is 2.99. The minimum absolute atomic E-state index is 0.224. The van der Waals surface area contributed by atoms with Crippen molar-refractivity contribution in [3.8, 4) is 0 Å². The standard InChI is InChI=1S/C17H17ClFNO/c18-14-7-4-8-15(19)16(14)17(21)9-10-20(12-17)11-13-5-2-1-3-6-13/h1-8,21H,9-12H2. The maximum absolute atomic E-state index is 14.0. The normalized spacial score (nSPS) is 22.6. The predicted molar refractivity (Wildman–Crippen MR) is 81.6 cm³/mol. The molecule has 2 aromatic rings. The summed E-state index contributed by atoms with van der Waals surface area (Å²) in [6, 6.07) is 14.6. The van der Waals surface area contributed by atoms with Crippen LogP contribution in [0.1, 0.15) is 17.5 Å². The second-order valence-corrected chi connectivity index (χ2v) is 5.98. The molecule has 1 fully saturated rings. The Morgan fingerprint density at radius 2 is 1.90 bits per heavy atom. The first kappa shape index (κ1) is 14.5. The number of halogens is 2. The van der Waals surface area contributed by atoms with Crippen LogP contribution < -0.4 is 0 Å². The van der Waals surface area contributed by atoms with E-state index in [1.54, 1.807) is 12.1 Å². The van der Waals surface area contributed by atoms with Gasteiger partial charge in [0.05, 0.1) is 0 Å². The third kappa shape index (κ3) is 2.95. The van der Waals surface area contributed by atoms with Gasteiger partial charge >= 0.3 is 0 Å². The number of benzene rings is 2. The van der Waals surface area contributed by atoms with Gasteiger partial charge in [-0.05, 0) is 24.1 Å². The summed E-state index contributed by atoms with van der Waals surface area (Å²) in [5.41, 5.74) is 0.195. The maximum atomic E-state index is 14.0. The Kier molecular flexibility index (Phi) is 3.98. The van der Waals surface area contributed by atoms with Crippen molar-refractivity contribution >= 4 is 11.6 Å². The van der Waals surface area contributed by atoms with Gasteiger partial charge in [-0.2, -0.15) is 0 Å². The van der Waals surface area contributed by atoms with Crippen LogP contribution in [0.3, 0.4) is 0 Å². The topological polar surface area (TPSA) is 23.5 Å². The van der Waals surface area contributed by atoms with E-state index >= 15 is 0 Å². The third-order valence-electron chi connectivity index (χ3n) is 4.00. The van der Waals surface area contributed by atoms with Gasteiger partial charge in [0.15, 0.2) is 0 Å². The lowest BCUT2D eigenvalue weighted by Gasteiger charge is -2.25. The molecule has 0 bridgehead atoms. The maximum Gasteiger partial charge on any atom is 0.130 e. The molecule has 0 radical (unpaired) electrons. The molecule has 4 heteroatoms. The Balaban J connectivity index is 1.79. The van der Waals surface area contributed by atoms with Crippen molar-refractivity contribution < 1.29 is 9.50 Å². The Morgan fingerprint density at radius 3 is 2.62 bits per heavy atom. The lowest BCUT2D eigenvalue weighted by molar-refractivity contribution is 0.0418. The Bertz CT molecular complexity index is 614. The summed E-state index contributed by atoms with van der Waals surface area (Å²) in [5.74, 6) is -0.438. The van der Waals surface area contributed by atoms with E-state index in [2.05, 4.69) is 4.90 Å². The Hall–Kier alpha value is -1.42. The van der Waals surface area contributed by atoms with Gasteiger partial charge < -0.3 is 5.11 Å². The summed E-state index contributed by atoms with van der Waals surface area (Å²) in [6.07, 6.45) is 0.487. The highest BCUT2D eigenvalue weighted by molar-refractivity contribution is 6.31. The van der Waals surface area contributed by atoms with Gasteiger partial charge in [0, 0.05) is 30.2 Å². The number of hydrogen-bond donors (Lipinski definition) is 1. The number of nitrogens with zero attached hydrogens (tertiary/aromatic N) is 1. The zero-order chi connectivity index (χ0) is 14.9. The van der Waals surface area contributed by atoms with Crippen LogP contribution in [0.4, 0.5) is 4.39 Å². The van der Waals surface area contributed by atoms with E-state index in [4.69, 9.17) is 11.6 Å². The van der Waals surface area contributed by atoms with E-state index in [0.29, 0.717) is 18.0 Å². The highest BCUT2D eigenvalue weighted by atomic mass is 35.5. The summed E-state index contributed by atoms with van der Waals surface area (Å²) in [5, 5.41) is 11.1. The van der Waals surface area contributed by atoms with Crippen LogP contribution in [0.15, 0.2) is 48.5 Å². The number of likely N-dealkylation sites (tertiary alicyclic amines) is 1. The molecule has 1 aliphatic heterocycles. The van der Waals surface area contributed by atoms with Gasteiger partial charge in [-0.3, -0.25) is 4.90 Å². The van der Waals surface area contributed by atoms with Gasteiger partial charge in [0.1, 0.15) is 11.4 Å². The van der Waals surface area contributed by atoms with E-state index in [0.717, 1.165) is 13.1 Å². The fraction of sp³-hybridized carbons (Fsp3) is 0.294. The van der Waals surface area contributed by atoms with Crippen LogP contribution >= 0.6 is 11.6 Å². The summed E-state index contributed by atoms with van der Waals surface area (Å²) in [7, 11) is 0. The average molecular weight is 306 g/mol. The van der Waals surface area contributed by atoms with Crippen molar-refractivity contribution in [1.82, 2.24) is 4.90 Å². The highest BCUT2D eigenvalue weighted by Crippen LogP contribution is 2.38. The lowest BCUT2D eigenvalue weighted by atomic mass is 9.92. The predicted octanol–water partition coefficient (Wildman–Crippen LogP) is 3.57. The minimum Gasteiger partial charge on any atom is -0.384 e. The van der Waals surface area contributed by atoms with Crippen molar-refractivity contribution in [1.29, 1.82) is 0 Å². The van der Waals surface area contributed by atoms with Crippen molar-refractivity contribution in [3.63, 3.8) is 0 Å². The molecule has 0 aliphatic carbocycles. The van der Waals surface area contributed by atoms with Gasteiger partial charge in [0.25, 0.3) is 0 Å². The van der Waals surface area contributed by atoms with E-state index in [9.17, 15) is 9.50 Å². The van der Waals surface area contributed by atoms with Crippen LogP contribution in [-0.2, 0) is 12.1 Å². The molecule has 0 saturated carbocycles. The SMILES string of the molecule is OC1(c2c(F)cccc2Cl)CCN(Cc2ccccc2)C1. The molecule has 0 spiro atoms. The first-order chi connectivity index (χ1) is 10.1. The van der Waals surface area contributed by atoms with E-state index in [1.807, 2.05) is 30.3 Å². The smallest absolute Gasteiger partial charge is 0.130 e. The molecule has 1 N–H and O–H groups in total. The second-order valence-electron chi connectivity index (χ2n) is 5.57. The molecular formula is C17H17ClFNO. The molecule has 2 aromatic carbocycles. The largest absolute Gasteiger partial charge is 0.384 e. The molecule has 0 amide bonds. The summed E-state index contributed by atoms with van der Waals surface area (Å²) in [4.78, 5) is 2.12.